The highest BCUT2D eigenvalue weighted by atomic mass is 19.1. The van der Waals surface area contributed by atoms with Crippen LogP contribution in [0, 0.1) is 17.6 Å². The molecule has 2 aromatic heterocycles. The Bertz CT molecular complexity index is 1290. The minimum atomic E-state index is -0.961. The zero-order chi connectivity index (χ0) is 23.5. The molecule has 0 unspecified atom stereocenters. The molecule has 8 nitrogen and oxygen atoms in total. The largest absolute Gasteiger partial charge is 0.494 e. The third-order valence-corrected chi connectivity index (χ3v) is 5.89. The lowest BCUT2D eigenvalue weighted by Gasteiger charge is -2.22. The van der Waals surface area contributed by atoms with Gasteiger partial charge < -0.3 is 19.8 Å². The van der Waals surface area contributed by atoms with Crippen LogP contribution in [0.2, 0.25) is 0 Å². The summed E-state index contributed by atoms with van der Waals surface area (Å²) in [5, 5.41) is 12.5. The number of aromatic nitrogens is 3. The number of halogens is 2. The maximum atomic E-state index is 14.0. The molecule has 10 heteroatoms. The number of benzene rings is 2. The van der Waals surface area contributed by atoms with E-state index >= 15 is 0 Å². The van der Waals surface area contributed by atoms with E-state index in [-0.39, 0.29) is 17.3 Å². The van der Waals surface area contributed by atoms with E-state index in [4.69, 9.17) is 9.15 Å². The van der Waals surface area contributed by atoms with Crippen LogP contribution in [0.5, 0.6) is 5.75 Å². The van der Waals surface area contributed by atoms with E-state index in [0.717, 1.165) is 31.6 Å². The standard InChI is InChI=1S/C24H23F2N5O3/c25-16-2-1-3-17(26)21(16)23(32)29-19-13-28-31-22(19)24-30-18-12-15(4-5-20(18)34-24)33-11-8-14-6-9-27-10-7-14/h1-5,12-14,27H,6-11H2,(H,28,31)(H,29,32). The molecular formula is C24H23F2N5O3. The van der Waals surface area contributed by atoms with Gasteiger partial charge in [0.2, 0.25) is 5.89 Å². The van der Waals surface area contributed by atoms with Crippen LogP contribution >= 0.6 is 0 Å². The summed E-state index contributed by atoms with van der Waals surface area (Å²) in [6.07, 6.45) is 4.72. The summed E-state index contributed by atoms with van der Waals surface area (Å²) in [6.45, 7) is 2.75. The Kier molecular flexibility index (Phi) is 6.22. The summed E-state index contributed by atoms with van der Waals surface area (Å²) in [6, 6.07) is 8.57. The fourth-order valence-corrected chi connectivity index (χ4v) is 4.06. The van der Waals surface area contributed by atoms with E-state index < -0.39 is 23.1 Å². The van der Waals surface area contributed by atoms with Gasteiger partial charge in [-0.25, -0.2) is 13.8 Å². The van der Waals surface area contributed by atoms with Gasteiger partial charge in [0, 0.05) is 12.3 Å². The number of fused-ring (bicyclic) bond motifs is 1. The van der Waals surface area contributed by atoms with Gasteiger partial charge in [0.25, 0.3) is 5.91 Å². The molecule has 1 fully saturated rings. The van der Waals surface area contributed by atoms with E-state index in [1.54, 1.807) is 12.1 Å². The van der Waals surface area contributed by atoms with Crippen LogP contribution in [0.4, 0.5) is 14.5 Å². The molecule has 0 radical (unpaired) electrons. The SMILES string of the molecule is O=C(Nc1c[nH]nc1-c1nc2cc(OCCC3CCNCC3)ccc2o1)c1c(F)cccc1F. The molecular weight excluding hydrogens is 444 g/mol. The maximum Gasteiger partial charge on any atom is 0.261 e. The molecule has 0 atom stereocenters. The average molecular weight is 467 g/mol. The molecule has 3 N–H and O–H groups in total. The van der Waals surface area contributed by atoms with Crippen molar-refractivity contribution in [3.05, 3.63) is 59.8 Å². The monoisotopic (exact) mass is 467 g/mol. The average Bonchev–Trinajstić information content (AvgIpc) is 3.46. The molecule has 1 amide bonds. The second-order valence-corrected chi connectivity index (χ2v) is 8.18. The van der Waals surface area contributed by atoms with E-state index in [2.05, 4.69) is 25.8 Å². The first-order valence-electron chi connectivity index (χ1n) is 11.1. The number of H-pyrrole nitrogens is 1. The van der Waals surface area contributed by atoms with Gasteiger partial charge in [0.1, 0.15) is 28.5 Å². The van der Waals surface area contributed by atoms with Crippen molar-refractivity contribution in [3.8, 4) is 17.3 Å². The predicted octanol–water partition coefficient (Wildman–Crippen LogP) is 4.52. The van der Waals surface area contributed by atoms with Gasteiger partial charge in [0.05, 0.1) is 12.3 Å². The third-order valence-electron chi connectivity index (χ3n) is 5.89. The lowest BCUT2D eigenvalue weighted by Crippen LogP contribution is -2.28. The number of aromatic amines is 1. The van der Waals surface area contributed by atoms with Crippen molar-refractivity contribution >= 4 is 22.7 Å². The fourth-order valence-electron chi connectivity index (χ4n) is 4.06. The van der Waals surface area contributed by atoms with Crippen molar-refractivity contribution in [1.82, 2.24) is 20.5 Å². The molecule has 1 saturated heterocycles. The maximum absolute atomic E-state index is 14.0. The molecule has 0 aliphatic carbocycles. The zero-order valence-corrected chi connectivity index (χ0v) is 18.2. The number of piperidine rings is 1. The molecule has 3 heterocycles. The predicted molar refractivity (Wildman–Crippen MR) is 122 cm³/mol. The Labute approximate surface area is 193 Å². The fraction of sp³-hybridized carbons (Fsp3) is 0.292. The molecule has 5 rings (SSSR count). The van der Waals surface area contributed by atoms with Crippen LogP contribution in [0.3, 0.4) is 0 Å². The zero-order valence-electron chi connectivity index (χ0n) is 18.2. The molecule has 1 aliphatic heterocycles. The number of nitrogens with zero attached hydrogens (tertiary/aromatic N) is 2. The van der Waals surface area contributed by atoms with Gasteiger partial charge in [-0.05, 0) is 62.5 Å². The van der Waals surface area contributed by atoms with Crippen LogP contribution in [0.15, 0.2) is 47.0 Å². The van der Waals surface area contributed by atoms with E-state index in [0.29, 0.717) is 29.4 Å². The van der Waals surface area contributed by atoms with Crippen LogP contribution in [-0.2, 0) is 0 Å². The van der Waals surface area contributed by atoms with Crippen molar-refractivity contribution in [3.63, 3.8) is 0 Å². The highest BCUT2D eigenvalue weighted by molar-refractivity contribution is 6.06. The molecule has 34 heavy (non-hydrogen) atoms. The Morgan fingerprint density at radius 3 is 2.76 bits per heavy atom. The second kappa shape index (κ2) is 9.60. The number of hydrogen-bond acceptors (Lipinski definition) is 6. The second-order valence-electron chi connectivity index (χ2n) is 8.18. The third kappa shape index (κ3) is 4.62. The van der Waals surface area contributed by atoms with Gasteiger partial charge in [-0.3, -0.25) is 9.89 Å². The Morgan fingerprint density at radius 1 is 1.18 bits per heavy atom. The van der Waals surface area contributed by atoms with Crippen LogP contribution in [0.25, 0.3) is 22.7 Å². The Hall–Kier alpha value is -3.79. The van der Waals surface area contributed by atoms with Crippen molar-refractivity contribution in [2.45, 2.75) is 19.3 Å². The summed E-state index contributed by atoms with van der Waals surface area (Å²) >= 11 is 0. The number of carbonyl (C=O) groups excluding carboxylic acids is 1. The van der Waals surface area contributed by atoms with E-state index in [1.165, 1.54) is 25.1 Å². The van der Waals surface area contributed by atoms with Crippen molar-refractivity contribution < 1.29 is 22.7 Å². The number of amides is 1. The van der Waals surface area contributed by atoms with Gasteiger partial charge in [-0.2, -0.15) is 5.10 Å². The summed E-state index contributed by atoms with van der Waals surface area (Å²) < 4.78 is 39.6. The molecule has 1 aliphatic rings. The number of carbonyl (C=O) groups is 1. The minimum Gasteiger partial charge on any atom is -0.494 e. The first-order chi connectivity index (χ1) is 16.6. The smallest absolute Gasteiger partial charge is 0.261 e. The van der Waals surface area contributed by atoms with Crippen LogP contribution in [0.1, 0.15) is 29.6 Å². The van der Waals surface area contributed by atoms with Crippen molar-refractivity contribution in [1.29, 1.82) is 0 Å². The molecule has 2 aromatic carbocycles. The first kappa shape index (κ1) is 22.0. The van der Waals surface area contributed by atoms with Crippen molar-refractivity contribution in [2.24, 2.45) is 5.92 Å². The lowest BCUT2D eigenvalue weighted by molar-refractivity contribution is 0.101. The lowest BCUT2D eigenvalue weighted by atomic mass is 9.95. The first-order valence-corrected chi connectivity index (χ1v) is 11.1. The summed E-state index contributed by atoms with van der Waals surface area (Å²) in [4.78, 5) is 16.9. The highest BCUT2D eigenvalue weighted by Gasteiger charge is 2.22. The number of rotatable bonds is 7. The van der Waals surface area contributed by atoms with Crippen LogP contribution < -0.4 is 15.4 Å². The van der Waals surface area contributed by atoms with Gasteiger partial charge >= 0.3 is 0 Å². The Morgan fingerprint density at radius 2 is 1.97 bits per heavy atom. The summed E-state index contributed by atoms with van der Waals surface area (Å²) in [5.41, 5.74) is 0.779. The van der Waals surface area contributed by atoms with E-state index in [1.807, 2.05) is 6.07 Å². The summed E-state index contributed by atoms with van der Waals surface area (Å²) in [5.74, 6) is -1.36. The van der Waals surface area contributed by atoms with Gasteiger partial charge in [0.15, 0.2) is 11.3 Å². The summed E-state index contributed by atoms with van der Waals surface area (Å²) in [7, 11) is 0. The quantitative estimate of drug-likeness (QED) is 0.369. The normalized spacial score (nSPS) is 14.4. The van der Waals surface area contributed by atoms with Crippen LogP contribution in [-0.4, -0.2) is 40.8 Å². The van der Waals surface area contributed by atoms with Crippen molar-refractivity contribution in [2.75, 3.05) is 25.0 Å². The van der Waals surface area contributed by atoms with Gasteiger partial charge in [-0.15, -0.1) is 0 Å². The molecule has 0 saturated carbocycles. The number of hydrogen-bond donors (Lipinski definition) is 3. The molecule has 0 spiro atoms. The van der Waals surface area contributed by atoms with E-state index in [9.17, 15) is 13.6 Å². The number of ether oxygens (including phenoxy) is 1. The number of nitrogens with one attached hydrogen (secondary N) is 3. The topological polar surface area (TPSA) is 105 Å². The molecule has 0 bridgehead atoms. The van der Waals surface area contributed by atoms with Gasteiger partial charge in [-0.1, -0.05) is 6.07 Å². The Balaban J connectivity index is 1.30. The number of anilines is 1. The number of oxazole rings is 1. The molecule has 4 aromatic rings. The minimum absolute atomic E-state index is 0.146. The molecule has 176 valence electrons. The highest BCUT2D eigenvalue weighted by Crippen LogP contribution is 2.30.